The van der Waals surface area contributed by atoms with Crippen molar-refractivity contribution in [1.29, 1.82) is 0 Å². The number of hydrogen-bond acceptors (Lipinski definition) is 2. The molecule has 25 heavy (non-hydrogen) atoms. The van der Waals surface area contributed by atoms with Crippen LogP contribution in [-0.4, -0.2) is 27.3 Å². The lowest BCUT2D eigenvalue weighted by Crippen LogP contribution is -2.48. The van der Waals surface area contributed by atoms with Gasteiger partial charge in [-0.2, -0.15) is 26.3 Å². The highest BCUT2D eigenvalue weighted by Gasteiger charge is 2.84. The molecule has 0 aromatic carbocycles. The van der Waals surface area contributed by atoms with Crippen molar-refractivity contribution < 1.29 is 26.3 Å². The van der Waals surface area contributed by atoms with Gasteiger partial charge in [-0.3, -0.25) is 0 Å². The normalized spacial score (nSPS) is 39.9. The van der Waals surface area contributed by atoms with Crippen molar-refractivity contribution in [3.8, 4) is 0 Å². The van der Waals surface area contributed by atoms with E-state index in [0.29, 0.717) is 9.81 Å². The molecule has 0 nitrogen and oxygen atoms in total. The highest BCUT2D eigenvalue weighted by molar-refractivity contribution is 8.09. The molecule has 0 amide bonds. The Morgan fingerprint density at radius 3 is 1.32 bits per heavy atom. The van der Waals surface area contributed by atoms with E-state index in [1.807, 2.05) is 0 Å². The number of alkyl halides is 6. The minimum absolute atomic E-state index is 0.103. The van der Waals surface area contributed by atoms with Gasteiger partial charge in [0, 0.05) is 11.1 Å². The van der Waals surface area contributed by atoms with Crippen LogP contribution in [0.15, 0.2) is 44.3 Å². The first kappa shape index (κ1) is 17.6. The lowest BCUT2D eigenvalue weighted by molar-refractivity contribution is -0.258. The molecular formula is C17H14F6S2. The van der Waals surface area contributed by atoms with Crippen LogP contribution < -0.4 is 0 Å². The molecule has 0 saturated heterocycles. The standard InChI is InChI=1S/C17H14F6S2/c1-7-5-9-11-12(16(20,21)17(22,23)15(11,18)19)10-6-8(2)25-14(10,4)13(9,3)24-7/h5-6H,1-4H3. The Morgan fingerprint density at radius 2 is 1.00 bits per heavy atom. The maximum absolute atomic E-state index is 14.6. The summed E-state index contributed by atoms with van der Waals surface area (Å²) in [4.78, 5) is 1.29. The van der Waals surface area contributed by atoms with Crippen LogP contribution >= 0.6 is 23.5 Å². The fourth-order valence-corrected chi connectivity index (χ4v) is 7.30. The number of allylic oxidation sites excluding steroid dienone is 6. The van der Waals surface area contributed by atoms with E-state index in [1.165, 1.54) is 35.7 Å². The molecule has 0 radical (unpaired) electrons. The highest BCUT2D eigenvalue weighted by atomic mass is 32.2. The zero-order chi connectivity index (χ0) is 18.8. The van der Waals surface area contributed by atoms with Crippen LogP contribution in [-0.2, 0) is 0 Å². The van der Waals surface area contributed by atoms with E-state index >= 15 is 0 Å². The molecule has 8 heteroatoms. The Bertz CT molecular complexity index is 779. The molecule has 1 saturated carbocycles. The van der Waals surface area contributed by atoms with Crippen LogP contribution in [0.2, 0.25) is 0 Å². The molecule has 136 valence electrons. The highest BCUT2D eigenvalue weighted by Crippen LogP contribution is 2.73. The second kappa shape index (κ2) is 4.38. The van der Waals surface area contributed by atoms with Crippen LogP contribution in [0, 0.1) is 0 Å². The molecule has 0 aromatic rings. The topological polar surface area (TPSA) is 0 Å². The van der Waals surface area contributed by atoms with Gasteiger partial charge in [-0.15, -0.1) is 23.5 Å². The van der Waals surface area contributed by atoms with Crippen molar-refractivity contribution in [3.63, 3.8) is 0 Å². The lowest BCUT2D eigenvalue weighted by atomic mass is 9.71. The van der Waals surface area contributed by atoms with Gasteiger partial charge in [-0.25, -0.2) is 0 Å². The van der Waals surface area contributed by atoms with Gasteiger partial charge in [0.2, 0.25) is 0 Å². The molecule has 0 aromatic heterocycles. The van der Waals surface area contributed by atoms with E-state index in [0.717, 1.165) is 0 Å². The second-order valence-electron chi connectivity index (χ2n) is 7.08. The number of hydrogen-bond donors (Lipinski definition) is 0. The number of halogens is 6. The summed E-state index contributed by atoms with van der Waals surface area (Å²) in [6, 6.07) is 0. The summed E-state index contributed by atoms with van der Waals surface area (Å²) < 4.78 is 84.5. The first-order chi connectivity index (χ1) is 11.2. The fraction of sp³-hybridized carbons (Fsp3) is 0.529. The van der Waals surface area contributed by atoms with Crippen molar-refractivity contribution in [2.45, 2.75) is 55.0 Å². The van der Waals surface area contributed by atoms with Crippen molar-refractivity contribution in [2.24, 2.45) is 0 Å². The molecule has 0 spiro atoms. The number of fused-ring (bicyclic) bond motifs is 4. The Kier molecular flexibility index (Phi) is 3.09. The maximum atomic E-state index is 14.6. The zero-order valence-electron chi connectivity index (χ0n) is 13.7. The molecule has 4 rings (SSSR count). The van der Waals surface area contributed by atoms with Crippen molar-refractivity contribution in [1.82, 2.24) is 0 Å². The summed E-state index contributed by atoms with van der Waals surface area (Å²) in [6.07, 6.45) is 2.73. The predicted octanol–water partition coefficient (Wildman–Crippen LogP) is 6.33. The number of rotatable bonds is 0. The molecular weight excluding hydrogens is 382 g/mol. The monoisotopic (exact) mass is 396 g/mol. The summed E-state index contributed by atoms with van der Waals surface area (Å²) in [5.41, 5.74) is -2.58. The molecule has 1 fully saturated rings. The third kappa shape index (κ3) is 1.63. The predicted molar refractivity (Wildman–Crippen MR) is 88.4 cm³/mol. The third-order valence-electron chi connectivity index (χ3n) is 5.57. The molecule has 0 bridgehead atoms. The smallest absolute Gasteiger partial charge is 0.194 e. The van der Waals surface area contributed by atoms with E-state index < -0.39 is 38.4 Å². The fourth-order valence-electron chi connectivity index (χ4n) is 4.26. The molecule has 0 N–H and O–H groups in total. The summed E-state index contributed by atoms with van der Waals surface area (Å²) in [5.74, 6) is -15.3. The average molecular weight is 396 g/mol. The largest absolute Gasteiger partial charge is 0.380 e. The molecule has 2 unspecified atom stereocenters. The van der Waals surface area contributed by atoms with Crippen molar-refractivity contribution in [2.75, 3.05) is 0 Å². The van der Waals surface area contributed by atoms with Crippen molar-refractivity contribution in [3.05, 3.63) is 44.3 Å². The summed E-state index contributed by atoms with van der Waals surface area (Å²) in [5, 5.41) is 0. The van der Waals surface area contributed by atoms with Crippen LogP contribution in [0.1, 0.15) is 27.7 Å². The molecule has 2 aliphatic heterocycles. The zero-order valence-corrected chi connectivity index (χ0v) is 15.4. The summed E-state index contributed by atoms with van der Waals surface area (Å²) in [7, 11) is 0. The van der Waals surface area contributed by atoms with Gasteiger partial charge in [0.25, 0.3) is 0 Å². The van der Waals surface area contributed by atoms with Gasteiger partial charge in [0.05, 0.1) is 9.49 Å². The van der Waals surface area contributed by atoms with Gasteiger partial charge in [0.15, 0.2) is 0 Å². The average Bonchev–Trinajstić information content (AvgIpc) is 2.95. The first-order valence-electron chi connectivity index (χ1n) is 7.61. The minimum Gasteiger partial charge on any atom is -0.194 e. The molecule has 2 aliphatic carbocycles. The van der Waals surface area contributed by atoms with E-state index in [4.69, 9.17) is 0 Å². The molecule has 4 aliphatic rings. The van der Waals surface area contributed by atoms with Gasteiger partial charge < -0.3 is 0 Å². The Morgan fingerprint density at radius 1 is 0.680 bits per heavy atom. The van der Waals surface area contributed by atoms with E-state index in [-0.39, 0.29) is 11.1 Å². The van der Waals surface area contributed by atoms with E-state index in [2.05, 4.69) is 0 Å². The Hall–Kier alpha value is -0.760. The van der Waals surface area contributed by atoms with Crippen molar-refractivity contribution >= 4 is 23.5 Å². The van der Waals surface area contributed by atoms with Crippen LogP contribution in [0.3, 0.4) is 0 Å². The van der Waals surface area contributed by atoms with Gasteiger partial charge in [0.1, 0.15) is 0 Å². The molecule has 2 heterocycles. The van der Waals surface area contributed by atoms with Gasteiger partial charge in [-0.1, -0.05) is 0 Å². The minimum atomic E-state index is -5.46. The summed E-state index contributed by atoms with van der Waals surface area (Å²) >= 11 is 2.54. The first-order valence-corrected chi connectivity index (χ1v) is 9.24. The lowest BCUT2D eigenvalue weighted by Gasteiger charge is -2.47. The van der Waals surface area contributed by atoms with E-state index in [1.54, 1.807) is 27.7 Å². The van der Waals surface area contributed by atoms with Crippen LogP contribution in [0.25, 0.3) is 0 Å². The SMILES string of the molecule is CC1=CC2=C3C(=C4C=C(C)SC4(C)C2(C)S1)C(F)(F)C(F)(F)C3(F)F. The quantitative estimate of drug-likeness (QED) is 0.439. The maximum Gasteiger partial charge on any atom is 0.380 e. The van der Waals surface area contributed by atoms with Gasteiger partial charge in [-0.05, 0) is 60.8 Å². The van der Waals surface area contributed by atoms with Crippen LogP contribution in [0.5, 0.6) is 0 Å². The van der Waals surface area contributed by atoms with E-state index in [9.17, 15) is 26.3 Å². The van der Waals surface area contributed by atoms with Gasteiger partial charge >= 0.3 is 17.8 Å². The Labute approximate surface area is 149 Å². The number of thioether (sulfide) groups is 2. The summed E-state index contributed by atoms with van der Waals surface area (Å²) in [6.45, 7) is 6.70. The Balaban J connectivity index is 2.20. The van der Waals surface area contributed by atoms with Crippen LogP contribution in [0.4, 0.5) is 26.3 Å². The molecule has 2 atom stereocenters. The third-order valence-corrected chi connectivity index (χ3v) is 8.65. The second-order valence-corrected chi connectivity index (χ2v) is 10.4.